The van der Waals surface area contributed by atoms with Crippen LogP contribution in [0.2, 0.25) is 0 Å². The Bertz CT molecular complexity index is 1770. The van der Waals surface area contributed by atoms with E-state index in [1.165, 1.54) is 21.0 Å². The number of thiol groups is 1. The van der Waals surface area contributed by atoms with Crippen LogP contribution in [0.4, 0.5) is 0 Å². The Hall–Kier alpha value is -7.17. The van der Waals surface area contributed by atoms with E-state index in [9.17, 15) is 38.7 Å². The third-order valence-electron chi connectivity index (χ3n) is 10.0. The molecule has 0 aliphatic rings. The van der Waals surface area contributed by atoms with Gasteiger partial charge in [0.1, 0.15) is 36.3 Å². The molecule has 0 heterocycles. The van der Waals surface area contributed by atoms with Gasteiger partial charge in [-0.05, 0) is 75.9 Å². The number of nitrogens with one attached hydrogen (secondary N) is 13. The molecule has 22 N–H and O–H groups in total. The molecule has 0 bridgehead atoms. The lowest BCUT2D eigenvalue weighted by atomic mass is 10.0. The van der Waals surface area contributed by atoms with Gasteiger partial charge in [0, 0.05) is 53.0 Å². The van der Waals surface area contributed by atoms with Crippen LogP contribution >= 0.6 is 12.6 Å². The molecule has 0 fully saturated rings. The first-order chi connectivity index (χ1) is 32.1. The van der Waals surface area contributed by atoms with E-state index < -0.39 is 77.7 Å². The fourth-order valence-corrected chi connectivity index (χ4v) is 6.80. The number of hydrogen-bond acceptors (Lipinski definition) is 13. The predicted octanol–water partition coefficient (Wildman–Crippen LogP) is -4.35. The van der Waals surface area contributed by atoms with Gasteiger partial charge < -0.3 is 80.4 Å². The lowest BCUT2D eigenvalue weighted by Crippen LogP contribution is -2.60. The van der Waals surface area contributed by atoms with E-state index in [4.69, 9.17) is 50.1 Å². The van der Waals surface area contributed by atoms with E-state index in [1.807, 2.05) is 0 Å². The van der Waals surface area contributed by atoms with Gasteiger partial charge in [-0.1, -0.05) is 0 Å². The number of aliphatic carboxylic acids is 1. The smallest absolute Gasteiger partial charge is 0.327 e. The highest BCUT2D eigenvalue weighted by atomic mass is 32.1. The zero-order chi connectivity index (χ0) is 51.8. The van der Waals surface area contributed by atoms with E-state index in [0.29, 0.717) is 12.8 Å². The van der Waals surface area contributed by atoms with E-state index in [1.54, 1.807) is 0 Å². The van der Waals surface area contributed by atoms with Crippen molar-refractivity contribution < 1.29 is 38.7 Å². The first-order valence-electron chi connectivity index (χ1n) is 21.7. The number of carboxylic acids is 1. The maximum Gasteiger partial charge on any atom is 0.327 e. The van der Waals surface area contributed by atoms with Gasteiger partial charge >= 0.3 is 5.97 Å². The van der Waals surface area contributed by atoms with Crippen molar-refractivity contribution in [3.05, 3.63) is 10.4 Å². The summed E-state index contributed by atoms with van der Waals surface area (Å²) in [6, 6.07) is -7.85. The summed E-state index contributed by atoms with van der Waals surface area (Å²) < 4.78 is 0. The van der Waals surface area contributed by atoms with Crippen LogP contribution in [0.1, 0.15) is 77.6 Å². The normalized spacial score (nSPS) is 13.1. The van der Waals surface area contributed by atoms with Crippen molar-refractivity contribution in [2.75, 3.05) is 52.6 Å². The number of guanidine groups is 4. The summed E-state index contributed by atoms with van der Waals surface area (Å²) in [6.45, 7) is 1.94. The Morgan fingerprint density at radius 3 is 1.32 bits per heavy atom. The fraction of sp³-hybridized carbons (Fsp3) is 0.703. The average molecular weight is 985 g/mol. The monoisotopic (exact) mass is 985 g/mol. The van der Waals surface area contributed by atoms with Crippen LogP contribution in [0, 0.1) is 21.6 Å². The molecule has 30 nitrogen and oxygen atoms in total. The Balaban J connectivity index is 7.06. The SMILES string of the molecule is CC(=O)N[C@@H](CCCCNN=[N+]=[N-])C(=O)N(C)[C@@H](CCCNC(=N)N)C(=O)N[C@H](CCCNC(=N)N)C(=O)N(C)[C@@H](CCCNC(=N)N)C(=O)N[C@H](CCCNC(=N)N)C(=O)N[C@H](CS)C(=O)O. The number of rotatable bonds is 35. The van der Waals surface area contributed by atoms with Gasteiger partial charge in [-0.3, -0.25) is 55.8 Å². The predicted molar refractivity (Wildman–Crippen MR) is 256 cm³/mol. The first-order valence-corrected chi connectivity index (χ1v) is 22.3. The Labute approximate surface area is 400 Å². The number of nitrogens with zero attached hydrogens (tertiary/aromatic N) is 5. The second kappa shape index (κ2) is 34.2. The number of likely N-dealkylation sites (N-methyl/N-ethyl adjacent to an activating group) is 2. The summed E-state index contributed by atoms with van der Waals surface area (Å²) in [5.41, 5.74) is 32.8. The zero-order valence-corrected chi connectivity index (χ0v) is 39.7. The van der Waals surface area contributed by atoms with Crippen molar-refractivity contribution >= 4 is 77.9 Å². The van der Waals surface area contributed by atoms with Crippen LogP contribution in [0.25, 0.3) is 10.4 Å². The van der Waals surface area contributed by atoms with Gasteiger partial charge in [0.15, 0.2) is 23.8 Å². The second-order valence-corrected chi connectivity index (χ2v) is 15.8. The van der Waals surface area contributed by atoms with Gasteiger partial charge in [0.05, 0.1) is 6.54 Å². The summed E-state index contributed by atoms with van der Waals surface area (Å²) in [6.07, 6.45) is 1.43. The number of azide groups is 1. The molecule has 68 heavy (non-hydrogen) atoms. The van der Waals surface area contributed by atoms with Gasteiger partial charge in [0.2, 0.25) is 35.4 Å². The van der Waals surface area contributed by atoms with Crippen molar-refractivity contribution in [2.24, 2.45) is 28.2 Å². The summed E-state index contributed by atoms with van der Waals surface area (Å²) in [4.78, 5) is 99.6. The molecule has 0 aromatic heterocycles. The molecule has 0 saturated heterocycles. The molecule has 0 aliphatic carbocycles. The Kier molecular flexibility index (Phi) is 30.6. The van der Waals surface area contributed by atoms with Crippen LogP contribution < -0.4 is 70.9 Å². The summed E-state index contributed by atoms with van der Waals surface area (Å²) in [5.74, 6) is -7.50. The highest BCUT2D eigenvalue weighted by Gasteiger charge is 2.37. The topological polar surface area (TPSA) is 503 Å². The molecular weight excluding hydrogens is 913 g/mol. The molecule has 0 aromatic carbocycles. The van der Waals surface area contributed by atoms with Crippen LogP contribution in [0.15, 0.2) is 5.22 Å². The standard InChI is InChI=1S/C37H72N22O8S/c1-21(60)52-23(10-4-5-19-51-57-56-46)31(64)58(2)27(14-9-18-50-37(44)45)30(63)54-24(12-7-16-48-35(40)41)32(65)59(3)26(13-8-17-49-36(42)43)29(62)53-22(11-6-15-47-34(38)39)28(61)55-25(20-68)33(66)67/h22-27,51,68H,4-20H2,1-3H3,(H,52,60)(H,53,62)(H,54,63)(H,55,61)(H,66,67)(H4,38,39,47)(H4,40,41,48)(H4,42,43,49)(H4,44,45,50)/t22-,23+,24-,25-,26+,27+/m1/s1. The highest BCUT2D eigenvalue weighted by Crippen LogP contribution is 2.15. The Morgan fingerprint density at radius 1 is 0.574 bits per heavy atom. The van der Waals surface area contributed by atoms with Crippen LogP contribution in [-0.2, 0) is 33.6 Å². The number of carbonyl (C=O) groups is 7. The number of nitrogens with two attached hydrogens (primary N) is 4. The summed E-state index contributed by atoms with van der Waals surface area (Å²) in [5, 5.41) is 63.6. The fourth-order valence-electron chi connectivity index (χ4n) is 6.55. The van der Waals surface area contributed by atoms with Crippen molar-refractivity contribution in [3.8, 4) is 0 Å². The Morgan fingerprint density at radius 2 is 0.941 bits per heavy atom. The third-order valence-corrected chi connectivity index (χ3v) is 10.4. The number of carboxylic acid groups (broad SMARTS) is 1. The highest BCUT2D eigenvalue weighted by molar-refractivity contribution is 7.80. The third kappa shape index (κ3) is 26.1. The molecule has 384 valence electrons. The maximum atomic E-state index is 14.6. The quantitative estimate of drug-likeness (QED) is 0.00417. The molecule has 0 radical (unpaired) electrons. The number of hydrogen-bond donors (Lipinski definition) is 19. The molecule has 6 atom stereocenters. The van der Waals surface area contributed by atoms with Crippen molar-refractivity contribution in [2.45, 2.75) is 114 Å². The van der Waals surface area contributed by atoms with E-state index >= 15 is 0 Å². The molecule has 0 saturated carbocycles. The molecule has 0 aromatic rings. The van der Waals surface area contributed by atoms with Gasteiger partial charge in [-0.25, -0.2) is 4.79 Å². The lowest BCUT2D eigenvalue weighted by molar-refractivity contribution is -0.145. The van der Waals surface area contributed by atoms with Crippen molar-refractivity contribution in [1.29, 1.82) is 21.6 Å². The van der Waals surface area contributed by atoms with E-state index in [-0.39, 0.29) is 120 Å². The lowest BCUT2D eigenvalue weighted by Gasteiger charge is -2.34. The second-order valence-electron chi connectivity index (χ2n) is 15.4. The van der Waals surface area contributed by atoms with Gasteiger partial charge in [-0.15, -0.1) is 5.53 Å². The molecular formula is C37H72N22O8S. The van der Waals surface area contributed by atoms with Crippen molar-refractivity contribution in [3.63, 3.8) is 0 Å². The summed E-state index contributed by atoms with van der Waals surface area (Å²) >= 11 is 3.99. The minimum atomic E-state index is -1.42. The number of carbonyl (C=O) groups excluding carboxylic acids is 6. The minimum Gasteiger partial charge on any atom is -0.480 e. The average Bonchev–Trinajstić information content (AvgIpc) is 3.26. The number of amides is 6. The van der Waals surface area contributed by atoms with Crippen LogP contribution in [0.5, 0.6) is 0 Å². The minimum absolute atomic E-state index is 0.0185. The first kappa shape index (κ1) is 60.8. The van der Waals surface area contributed by atoms with Crippen molar-refractivity contribution in [1.82, 2.24) is 57.8 Å². The zero-order valence-electron chi connectivity index (χ0n) is 38.8. The largest absolute Gasteiger partial charge is 0.480 e. The number of unbranched alkanes of at least 4 members (excludes halogenated alkanes) is 1. The van der Waals surface area contributed by atoms with E-state index in [2.05, 4.69) is 70.7 Å². The van der Waals surface area contributed by atoms with Crippen LogP contribution in [0.3, 0.4) is 0 Å². The molecule has 0 aliphatic heterocycles. The molecule has 0 spiro atoms. The van der Waals surface area contributed by atoms with Gasteiger partial charge in [-0.2, -0.15) is 17.5 Å². The molecule has 0 unspecified atom stereocenters. The molecule has 31 heteroatoms. The van der Waals surface area contributed by atoms with E-state index in [0.717, 1.165) is 9.80 Å². The summed E-state index contributed by atoms with van der Waals surface area (Å²) in [7, 11) is 2.65. The molecule has 0 rings (SSSR count). The molecule has 6 amide bonds. The maximum absolute atomic E-state index is 14.6. The van der Waals surface area contributed by atoms with Gasteiger partial charge in [0.25, 0.3) is 0 Å². The van der Waals surface area contributed by atoms with Crippen LogP contribution in [-0.4, -0.2) is 169 Å².